The smallest absolute Gasteiger partial charge is 0.327 e. The van der Waals surface area contributed by atoms with Crippen molar-refractivity contribution in [2.75, 3.05) is 11.5 Å². The number of hydrogen-bond acceptors (Lipinski definition) is 6. The number of carboxylic acids is 1. The number of nitrogen functional groups attached to an aromatic ring is 1. The van der Waals surface area contributed by atoms with E-state index in [0.717, 1.165) is 10.5 Å². The number of amides is 1. The number of aliphatic carboxylic acids is 1. The summed E-state index contributed by atoms with van der Waals surface area (Å²) in [6.07, 6.45) is 3.35. The van der Waals surface area contributed by atoms with Crippen molar-refractivity contribution < 1.29 is 14.7 Å². The van der Waals surface area contributed by atoms with Crippen LogP contribution in [0.3, 0.4) is 0 Å². The molecule has 0 fully saturated rings. The van der Waals surface area contributed by atoms with Gasteiger partial charge in [-0.1, -0.05) is 12.1 Å². The quantitative estimate of drug-likeness (QED) is 0.260. The molecule has 8 nitrogen and oxygen atoms in total. The second kappa shape index (κ2) is 8.88. The fourth-order valence-corrected chi connectivity index (χ4v) is 3.98. The van der Waals surface area contributed by atoms with Crippen molar-refractivity contribution in [3.05, 3.63) is 72.6 Å². The number of carbonyl (C=O) groups excluding carboxylic acids is 1. The standard InChI is InChI=1S/C22H19N5O3S/c23-15-3-1-2-4-19(15)31-12-18(22(29)30)27-21(28)14-5-6-16-17(11-14)26-20(25-16)13-7-9-24-10-8-13/h1-11,18H,12,23H2,(H,25,26)(H,27,28)(H,29,30). The van der Waals surface area contributed by atoms with Crippen LogP contribution in [-0.2, 0) is 4.79 Å². The van der Waals surface area contributed by atoms with Gasteiger partial charge in [0.05, 0.1) is 11.0 Å². The van der Waals surface area contributed by atoms with Gasteiger partial charge in [-0.15, -0.1) is 11.8 Å². The molecule has 156 valence electrons. The van der Waals surface area contributed by atoms with E-state index >= 15 is 0 Å². The van der Waals surface area contributed by atoms with Crippen molar-refractivity contribution in [3.63, 3.8) is 0 Å². The van der Waals surface area contributed by atoms with Crippen LogP contribution in [0.4, 0.5) is 5.69 Å². The van der Waals surface area contributed by atoms with E-state index < -0.39 is 17.9 Å². The van der Waals surface area contributed by atoms with Crippen LogP contribution < -0.4 is 11.1 Å². The van der Waals surface area contributed by atoms with Gasteiger partial charge in [0.15, 0.2) is 0 Å². The minimum Gasteiger partial charge on any atom is -0.480 e. The molecule has 1 atom stereocenters. The summed E-state index contributed by atoms with van der Waals surface area (Å²) in [5, 5.41) is 12.1. The molecule has 2 aromatic heterocycles. The number of hydrogen-bond donors (Lipinski definition) is 4. The van der Waals surface area contributed by atoms with Crippen molar-refractivity contribution in [1.82, 2.24) is 20.3 Å². The van der Waals surface area contributed by atoms with Crippen LogP contribution in [-0.4, -0.2) is 43.7 Å². The van der Waals surface area contributed by atoms with Crippen LogP contribution in [0, 0.1) is 0 Å². The van der Waals surface area contributed by atoms with E-state index in [1.54, 1.807) is 36.7 Å². The Hall–Kier alpha value is -3.85. The summed E-state index contributed by atoms with van der Waals surface area (Å²) in [6.45, 7) is 0. The summed E-state index contributed by atoms with van der Waals surface area (Å²) in [5.74, 6) is -0.780. The maximum atomic E-state index is 12.7. The monoisotopic (exact) mass is 433 g/mol. The SMILES string of the molecule is Nc1ccccc1SCC(NC(=O)c1ccc2nc(-c3ccncc3)[nH]c2c1)C(=O)O. The summed E-state index contributed by atoms with van der Waals surface area (Å²) in [5.41, 5.74) is 9.07. The lowest BCUT2D eigenvalue weighted by Gasteiger charge is -2.15. The minimum atomic E-state index is -1.11. The molecule has 4 rings (SSSR count). The zero-order valence-electron chi connectivity index (χ0n) is 16.3. The third-order valence-corrected chi connectivity index (χ3v) is 5.81. The Morgan fingerprint density at radius 1 is 1.13 bits per heavy atom. The van der Waals surface area contributed by atoms with Crippen molar-refractivity contribution in [1.29, 1.82) is 0 Å². The molecule has 0 saturated carbocycles. The molecule has 31 heavy (non-hydrogen) atoms. The van der Waals surface area contributed by atoms with E-state index in [1.807, 2.05) is 30.3 Å². The van der Waals surface area contributed by atoms with E-state index in [4.69, 9.17) is 5.73 Å². The molecule has 4 aromatic rings. The predicted octanol–water partition coefficient (Wildman–Crippen LogP) is 3.18. The first-order chi connectivity index (χ1) is 15.0. The van der Waals surface area contributed by atoms with Gasteiger partial charge in [-0.25, -0.2) is 9.78 Å². The molecule has 0 aliphatic rings. The lowest BCUT2D eigenvalue weighted by atomic mass is 10.2. The number of rotatable bonds is 7. The number of nitrogens with zero attached hydrogens (tertiary/aromatic N) is 2. The van der Waals surface area contributed by atoms with E-state index in [0.29, 0.717) is 28.1 Å². The first-order valence-electron chi connectivity index (χ1n) is 9.42. The van der Waals surface area contributed by atoms with Crippen LogP contribution in [0.25, 0.3) is 22.4 Å². The molecule has 1 unspecified atom stereocenters. The topological polar surface area (TPSA) is 134 Å². The fourth-order valence-electron chi connectivity index (χ4n) is 3.00. The Kier molecular flexibility index (Phi) is 5.85. The van der Waals surface area contributed by atoms with Gasteiger partial charge < -0.3 is 21.1 Å². The Morgan fingerprint density at radius 2 is 1.90 bits per heavy atom. The Bertz CT molecular complexity index is 1240. The average Bonchev–Trinajstić information content (AvgIpc) is 3.21. The molecule has 0 aliphatic heterocycles. The van der Waals surface area contributed by atoms with Gasteiger partial charge in [0.25, 0.3) is 5.91 Å². The van der Waals surface area contributed by atoms with E-state index in [-0.39, 0.29) is 5.75 Å². The number of imidazole rings is 1. The molecule has 0 radical (unpaired) electrons. The number of para-hydroxylation sites is 1. The largest absolute Gasteiger partial charge is 0.480 e. The molecule has 1 amide bonds. The van der Waals surface area contributed by atoms with Crippen molar-refractivity contribution in [2.45, 2.75) is 10.9 Å². The molecular formula is C22H19N5O3S. The maximum absolute atomic E-state index is 12.7. The molecule has 5 N–H and O–H groups in total. The highest BCUT2D eigenvalue weighted by molar-refractivity contribution is 7.99. The predicted molar refractivity (Wildman–Crippen MR) is 120 cm³/mol. The summed E-state index contributed by atoms with van der Waals surface area (Å²) in [4.78, 5) is 36.8. The lowest BCUT2D eigenvalue weighted by Crippen LogP contribution is -2.42. The molecule has 0 bridgehead atoms. The van der Waals surface area contributed by atoms with Gasteiger partial charge >= 0.3 is 5.97 Å². The second-order valence-corrected chi connectivity index (χ2v) is 7.83. The highest BCUT2D eigenvalue weighted by Gasteiger charge is 2.22. The lowest BCUT2D eigenvalue weighted by molar-refractivity contribution is -0.138. The summed E-state index contributed by atoms with van der Waals surface area (Å²) < 4.78 is 0. The van der Waals surface area contributed by atoms with Crippen molar-refractivity contribution in [2.24, 2.45) is 0 Å². The number of benzene rings is 2. The molecule has 0 aliphatic carbocycles. The van der Waals surface area contributed by atoms with Crippen LogP contribution >= 0.6 is 11.8 Å². The van der Waals surface area contributed by atoms with Crippen molar-refractivity contribution >= 4 is 40.4 Å². The van der Waals surface area contributed by atoms with Crippen LogP contribution in [0.2, 0.25) is 0 Å². The van der Waals surface area contributed by atoms with E-state index in [9.17, 15) is 14.7 Å². The third-order valence-electron chi connectivity index (χ3n) is 4.63. The normalized spacial score (nSPS) is 11.9. The Morgan fingerprint density at radius 3 is 2.65 bits per heavy atom. The number of aromatic amines is 1. The highest BCUT2D eigenvalue weighted by Crippen LogP contribution is 2.25. The molecule has 9 heteroatoms. The molecule has 0 saturated heterocycles. The van der Waals surface area contributed by atoms with Gasteiger partial charge in [0, 0.05) is 39.9 Å². The summed E-state index contributed by atoms with van der Waals surface area (Å²) >= 11 is 1.28. The van der Waals surface area contributed by atoms with Gasteiger partial charge in [0.1, 0.15) is 11.9 Å². The number of pyridine rings is 1. The molecular weight excluding hydrogens is 414 g/mol. The average molecular weight is 433 g/mol. The van der Waals surface area contributed by atoms with Gasteiger partial charge in [-0.3, -0.25) is 9.78 Å². The highest BCUT2D eigenvalue weighted by atomic mass is 32.2. The first-order valence-corrected chi connectivity index (χ1v) is 10.4. The second-order valence-electron chi connectivity index (χ2n) is 6.77. The fraction of sp³-hybridized carbons (Fsp3) is 0.0909. The van der Waals surface area contributed by atoms with Crippen molar-refractivity contribution in [3.8, 4) is 11.4 Å². The number of carboxylic acid groups (broad SMARTS) is 1. The number of thioether (sulfide) groups is 1. The van der Waals surface area contributed by atoms with Gasteiger partial charge in [-0.05, 0) is 42.5 Å². The van der Waals surface area contributed by atoms with Crippen LogP contribution in [0.1, 0.15) is 10.4 Å². The number of aromatic nitrogens is 3. The number of H-pyrrole nitrogens is 1. The Labute approximate surface area is 181 Å². The number of fused-ring (bicyclic) bond motifs is 1. The number of nitrogens with one attached hydrogen (secondary N) is 2. The molecule has 2 heterocycles. The van der Waals surface area contributed by atoms with Gasteiger partial charge in [0.2, 0.25) is 0 Å². The zero-order valence-corrected chi connectivity index (χ0v) is 17.1. The number of carbonyl (C=O) groups is 2. The van der Waals surface area contributed by atoms with E-state index in [2.05, 4.69) is 20.3 Å². The first kappa shape index (κ1) is 20.4. The minimum absolute atomic E-state index is 0.147. The summed E-state index contributed by atoms with van der Waals surface area (Å²) in [6, 6.07) is 14.8. The summed E-state index contributed by atoms with van der Waals surface area (Å²) in [7, 11) is 0. The zero-order chi connectivity index (χ0) is 21.8. The molecule has 0 spiro atoms. The Balaban J connectivity index is 1.49. The number of nitrogens with two attached hydrogens (primary N) is 1. The van der Waals surface area contributed by atoms with E-state index in [1.165, 1.54) is 11.8 Å². The third kappa shape index (κ3) is 4.67. The number of anilines is 1. The molecule has 2 aromatic carbocycles. The van der Waals surface area contributed by atoms with Crippen LogP contribution in [0.15, 0.2) is 71.9 Å². The van der Waals surface area contributed by atoms with Crippen LogP contribution in [0.5, 0.6) is 0 Å². The van der Waals surface area contributed by atoms with Gasteiger partial charge in [-0.2, -0.15) is 0 Å². The maximum Gasteiger partial charge on any atom is 0.327 e.